The highest BCUT2D eigenvalue weighted by atomic mass is 16.5. The zero-order valence-electron chi connectivity index (χ0n) is 35.6. The van der Waals surface area contributed by atoms with Crippen LogP contribution in [-0.4, -0.2) is 73.3 Å². The Hall–Kier alpha value is -1.93. The zero-order chi connectivity index (χ0) is 39.5. The van der Waals surface area contributed by atoms with E-state index in [2.05, 4.69) is 58.3 Å². The van der Waals surface area contributed by atoms with Gasteiger partial charge in [0.2, 0.25) is 5.91 Å². The Morgan fingerprint density at radius 3 is 2.20 bits per heavy atom. The molecule has 0 aromatic carbocycles. The van der Waals surface area contributed by atoms with Crippen LogP contribution in [0.3, 0.4) is 0 Å². The maximum Gasteiger partial charge on any atom is 0.306 e. The molecule has 0 radical (unpaired) electrons. The molecule has 0 unspecified atom stereocenters. The first-order valence-corrected chi connectivity index (χ1v) is 21.8. The van der Waals surface area contributed by atoms with E-state index in [1.54, 1.807) is 7.11 Å². The number of rotatable bonds is 12. The number of hydrogen-bond donors (Lipinski definition) is 2. The third-order valence-corrected chi connectivity index (χ3v) is 17.8. The van der Waals surface area contributed by atoms with Crippen LogP contribution >= 0.6 is 0 Å². The molecule has 0 spiro atoms. The lowest BCUT2D eigenvalue weighted by atomic mass is 9.32. The van der Waals surface area contributed by atoms with Gasteiger partial charge >= 0.3 is 11.9 Å². The molecule has 5 aliphatic carbocycles. The van der Waals surface area contributed by atoms with Gasteiger partial charge < -0.3 is 24.8 Å². The van der Waals surface area contributed by atoms with Crippen molar-refractivity contribution in [3.8, 4) is 0 Å². The number of nitrogens with zero attached hydrogens (tertiary/aromatic N) is 1. The number of amides is 1. The first-order chi connectivity index (χ1) is 25.2. The quantitative estimate of drug-likeness (QED) is 0.151. The number of esters is 1. The second-order valence-electron chi connectivity index (χ2n) is 21.7. The number of carbonyl (C=O) groups excluding carboxylic acids is 2. The van der Waals surface area contributed by atoms with Gasteiger partial charge in [0.25, 0.3) is 0 Å². The van der Waals surface area contributed by atoms with Gasteiger partial charge in [-0.2, -0.15) is 0 Å². The highest BCUT2D eigenvalue weighted by Crippen LogP contribution is 2.78. The van der Waals surface area contributed by atoms with Crippen LogP contribution in [0.25, 0.3) is 0 Å². The average Bonchev–Trinajstić information content (AvgIpc) is 3.44. The molecule has 0 aromatic rings. The van der Waals surface area contributed by atoms with Crippen molar-refractivity contribution in [3.63, 3.8) is 0 Å². The molecule has 0 bridgehead atoms. The molecule has 2 N–H and O–H groups in total. The van der Waals surface area contributed by atoms with Crippen molar-refractivity contribution in [2.75, 3.05) is 33.4 Å². The number of carboxylic acids is 1. The molecule has 1 aliphatic heterocycles. The molecule has 0 aromatic heterocycles. The summed E-state index contributed by atoms with van der Waals surface area (Å²) in [7, 11) is 1.76. The molecule has 306 valence electrons. The van der Waals surface area contributed by atoms with Crippen molar-refractivity contribution in [1.29, 1.82) is 0 Å². The van der Waals surface area contributed by atoms with Crippen molar-refractivity contribution < 1.29 is 29.0 Å². The van der Waals surface area contributed by atoms with Gasteiger partial charge in [-0.25, -0.2) is 0 Å². The van der Waals surface area contributed by atoms with Crippen molar-refractivity contribution in [2.45, 2.75) is 164 Å². The monoisotopic (exact) mass is 753 g/mol. The third-order valence-electron chi connectivity index (χ3n) is 17.8. The van der Waals surface area contributed by atoms with Crippen molar-refractivity contribution in [2.24, 2.45) is 62.1 Å². The number of methoxy groups -OCH3 is 1. The predicted octanol–water partition coefficient (Wildman–Crippen LogP) is 9.06. The van der Waals surface area contributed by atoms with Gasteiger partial charge in [-0.05, 0) is 141 Å². The number of piperidine rings is 1. The summed E-state index contributed by atoms with van der Waals surface area (Å²) in [6.45, 7) is 26.9. The summed E-state index contributed by atoms with van der Waals surface area (Å²) in [6, 6.07) is 0.273. The molecule has 8 heteroatoms. The van der Waals surface area contributed by atoms with Crippen molar-refractivity contribution >= 4 is 17.8 Å². The van der Waals surface area contributed by atoms with E-state index in [0.717, 1.165) is 71.2 Å². The lowest BCUT2D eigenvalue weighted by Gasteiger charge is -2.73. The molecule has 1 amide bonds. The molecular formula is C46H76N2O6. The summed E-state index contributed by atoms with van der Waals surface area (Å²) in [6.07, 6.45) is 14.0. The first-order valence-electron chi connectivity index (χ1n) is 21.8. The Morgan fingerprint density at radius 2 is 1.56 bits per heavy atom. The molecular weight excluding hydrogens is 677 g/mol. The fourth-order valence-corrected chi connectivity index (χ4v) is 15.0. The fourth-order valence-electron chi connectivity index (χ4n) is 15.0. The molecule has 6 fully saturated rings. The van der Waals surface area contributed by atoms with E-state index in [1.807, 2.05) is 13.8 Å². The van der Waals surface area contributed by atoms with Crippen LogP contribution in [0.15, 0.2) is 12.2 Å². The smallest absolute Gasteiger partial charge is 0.306 e. The molecule has 1 heterocycles. The Morgan fingerprint density at radius 1 is 0.852 bits per heavy atom. The summed E-state index contributed by atoms with van der Waals surface area (Å²) in [5, 5.41) is 12.9. The summed E-state index contributed by atoms with van der Waals surface area (Å²) in [4.78, 5) is 41.2. The largest absolute Gasteiger partial charge is 0.481 e. The molecule has 54 heavy (non-hydrogen) atoms. The first kappa shape index (κ1) is 41.7. The summed E-state index contributed by atoms with van der Waals surface area (Å²) >= 11 is 0. The number of likely N-dealkylation sites (tertiary alicyclic amines) is 1. The molecule has 1 saturated heterocycles. The third kappa shape index (κ3) is 7.35. The van der Waals surface area contributed by atoms with E-state index in [1.165, 1.54) is 37.7 Å². The summed E-state index contributed by atoms with van der Waals surface area (Å²) in [5.74, 6) is 1.78. The van der Waals surface area contributed by atoms with Crippen LogP contribution < -0.4 is 5.32 Å². The van der Waals surface area contributed by atoms with Gasteiger partial charge in [0.05, 0.1) is 19.4 Å². The van der Waals surface area contributed by atoms with E-state index in [4.69, 9.17) is 9.47 Å². The minimum atomic E-state index is -0.881. The molecule has 6 aliphatic rings. The van der Waals surface area contributed by atoms with Gasteiger partial charge in [0, 0.05) is 44.6 Å². The van der Waals surface area contributed by atoms with Crippen LogP contribution in [0.4, 0.5) is 0 Å². The second kappa shape index (κ2) is 15.1. The Kier molecular flexibility index (Phi) is 11.7. The zero-order valence-corrected chi connectivity index (χ0v) is 35.6. The number of fused-ring (bicyclic) bond motifs is 7. The van der Waals surface area contributed by atoms with Gasteiger partial charge in [0.1, 0.15) is 6.10 Å². The highest BCUT2D eigenvalue weighted by molar-refractivity contribution is 5.77. The number of aliphatic carboxylic acids is 1. The maximum absolute atomic E-state index is 14.0. The number of carbonyl (C=O) groups is 3. The van der Waals surface area contributed by atoms with Crippen LogP contribution in [0.2, 0.25) is 0 Å². The lowest BCUT2D eigenvalue weighted by molar-refractivity contribution is -0.250. The van der Waals surface area contributed by atoms with Gasteiger partial charge in [-0.3, -0.25) is 14.4 Å². The molecule has 6 rings (SSSR count). The topological polar surface area (TPSA) is 105 Å². The Balaban J connectivity index is 1.18. The minimum Gasteiger partial charge on any atom is -0.481 e. The van der Waals surface area contributed by atoms with E-state index >= 15 is 0 Å². The fraction of sp³-hybridized carbons (Fsp3) is 0.891. The molecule has 8 nitrogen and oxygen atoms in total. The average molecular weight is 753 g/mol. The summed E-state index contributed by atoms with van der Waals surface area (Å²) in [5.41, 5.74) is 1.14. The van der Waals surface area contributed by atoms with E-state index in [-0.39, 0.29) is 63.9 Å². The van der Waals surface area contributed by atoms with Crippen LogP contribution in [0.5, 0.6) is 0 Å². The standard InChI is InChI=1S/C46H76N2O6/c1-30(2)32-13-20-46(27-37(49)47-31-16-23-48(24-17-31)25-26-53-10)22-21-44(8)33(40(32)46)11-12-35-43(7)18-15-36(42(5,6)34(43)14-19-45(35,44)9)54-39(52)29-41(3,4)28-38(50)51/h31-36,40H,1,11-29H2,2-10H3,(H,47,49)(H,50,51)/t32-,33+,34-,35+,36-,40+,43-,44+,45+,46+/m0/s1. The Labute approximate surface area is 327 Å². The number of carboxylic acid groups (broad SMARTS) is 1. The number of hydrogen-bond acceptors (Lipinski definition) is 6. The Bertz CT molecular complexity index is 1430. The van der Waals surface area contributed by atoms with Crippen LogP contribution in [0.1, 0.15) is 152 Å². The SMILES string of the molecule is C=C(C)[C@@H]1CC[C@]2(CC(=O)NC3CCN(CCOC)CC3)CC[C@]3(C)[C@H](CC[C@@H]4[C@@]5(C)CC[C@H](OC(=O)CC(C)(C)CC(=O)O)C(C)(C)[C@@H]5CC[C@]43C)[C@@H]12. The van der Waals surface area contributed by atoms with Gasteiger partial charge in [0.15, 0.2) is 0 Å². The maximum atomic E-state index is 14.0. The van der Waals surface area contributed by atoms with Crippen molar-refractivity contribution in [1.82, 2.24) is 10.2 Å². The van der Waals surface area contributed by atoms with E-state index < -0.39 is 11.4 Å². The van der Waals surface area contributed by atoms with Crippen LogP contribution in [-0.2, 0) is 23.9 Å². The van der Waals surface area contributed by atoms with Crippen molar-refractivity contribution in [3.05, 3.63) is 12.2 Å². The van der Waals surface area contributed by atoms with Gasteiger partial charge in [-0.1, -0.05) is 60.6 Å². The van der Waals surface area contributed by atoms with E-state index in [9.17, 15) is 19.5 Å². The predicted molar refractivity (Wildman–Crippen MR) is 214 cm³/mol. The number of ether oxygens (including phenoxy) is 2. The number of nitrogens with one attached hydrogen (secondary N) is 1. The second-order valence-corrected chi connectivity index (χ2v) is 21.7. The summed E-state index contributed by atoms with van der Waals surface area (Å²) < 4.78 is 11.6. The van der Waals surface area contributed by atoms with Crippen LogP contribution in [0, 0.1) is 62.1 Å². The minimum absolute atomic E-state index is 0.0470. The molecule has 10 atom stereocenters. The highest BCUT2D eigenvalue weighted by Gasteiger charge is 2.71. The van der Waals surface area contributed by atoms with Gasteiger partial charge in [-0.15, -0.1) is 0 Å². The lowest BCUT2D eigenvalue weighted by Crippen LogP contribution is -2.67. The van der Waals surface area contributed by atoms with E-state index in [0.29, 0.717) is 36.0 Å². The molecule has 5 saturated carbocycles. The normalized spacial score (nSPS) is 40.8. The number of allylic oxidation sites excluding steroid dienone is 1.